The number of methoxy groups -OCH3 is 1. The van der Waals surface area contributed by atoms with Crippen LogP contribution in [0.15, 0.2) is 33.9 Å². The molecule has 1 aromatic carbocycles. The maximum Gasteiger partial charge on any atom is 0.408 e. The second-order valence-electron chi connectivity index (χ2n) is 8.27. The summed E-state index contributed by atoms with van der Waals surface area (Å²) >= 11 is 0. The van der Waals surface area contributed by atoms with Gasteiger partial charge in [-0.3, -0.25) is 4.79 Å². The van der Waals surface area contributed by atoms with Gasteiger partial charge in [-0.15, -0.1) is 0 Å². The lowest BCUT2D eigenvalue weighted by atomic mass is 10.0. The highest BCUT2D eigenvalue weighted by Crippen LogP contribution is 2.33. The van der Waals surface area contributed by atoms with E-state index >= 15 is 0 Å². The average molecular weight is 484 g/mol. The summed E-state index contributed by atoms with van der Waals surface area (Å²) in [5.74, 6) is -1.10. The molecule has 0 unspecified atom stereocenters. The van der Waals surface area contributed by atoms with E-state index in [-0.39, 0.29) is 11.7 Å². The molecule has 0 radical (unpaired) electrons. The van der Waals surface area contributed by atoms with Crippen LogP contribution in [0.4, 0.5) is 4.79 Å². The van der Waals surface area contributed by atoms with Crippen molar-refractivity contribution >= 4 is 50.7 Å². The van der Waals surface area contributed by atoms with Crippen LogP contribution in [-0.4, -0.2) is 53.5 Å². The third kappa shape index (κ3) is 7.94. The first-order chi connectivity index (χ1) is 15.0. The second-order valence-corrected chi connectivity index (χ2v) is 10.6. The fourth-order valence-electron chi connectivity index (χ4n) is 2.55. The number of carbonyl (C=O) groups excluding carboxylic acids is 3. The van der Waals surface area contributed by atoms with Crippen molar-refractivity contribution in [2.45, 2.75) is 57.5 Å². The number of benzene rings is 1. The van der Waals surface area contributed by atoms with Crippen LogP contribution in [0.3, 0.4) is 0 Å². The standard InChI is InChI=1S/C21H29N3O6S2/c1-12(2)16(18(26)28-6)24-17(25)14(22-19(27)30-21(3,4)5)11-31-32-20-23-13-9-7-8-10-15(13)29-20/h7-10,12,14,16H,11H2,1-6H3,(H,22,27)(H,24,25)/t14-,16-/m0/s1. The number of esters is 1. The van der Waals surface area contributed by atoms with Crippen LogP contribution in [0.2, 0.25) is 0 Å². The fraction of sp³-hybridized carbons (Fsp3) is 0.524. The topological polar surface area (TPSA) is 120 Å². The lowest BCUT2D eigenvalue weighted by Gasteiger charge is -2.25. The van der Waals surface area contributed by atoms with Crippen molar-refractivity contribution in [3.05, 3.63) is 24.3 Å². The number of para-hydroxylation sites is 2. The van der Waals surface area contributed by atoms with E-state index in [9.17, 15) is 14.4 Å². The number of ether oxygens (including phenoxy) is 2. The van der Waals surface area contributed by atoms with Crippen molar-refractivity contribution in [3.8, 4) is 0 Å². The van der Waals surface area contributed by atoms with E-state index in [4.69, 9.17) is 13.9 Å². The molecule has 0 fully saturated rings. The molecule has 2 atom stereocenters. The Morgan fingerprint density at radius 1 is 1.16 bits per heavy atom. The Morgan fingerprint density at radius 3 is 2.44 bits per heavy atom. The molecule has 176 valence electrons. The SMILES string of the molecule is COC(=O)[C@@H](NC(=O)[C@H](CSSc1nc2ccccc2o1)NC(=O)OC(C)(C)C)C(C)C. The number of nitrogens with zero attached hydrogens (tertiary/aromatic N) is 1. The van der Waals surface area contributed by atoms with Gasteiger partial charge in [-0.05, 0) is 38.8 Å². The summed E-state index contributed by atoms with van der Waals surface area (Å²) < 4.78 is 15.7. The molecule has 0 aliphatic heterocycles. The van der Waals surface area contributed by atoms with Gasteiger partial charge in [0.05, 0.1) is 7.11 Å². The highest BCUT2D eigenvalue weighted by atomic mass is 33.1. The summed E-state index contributed by atoms with van der Waals surface area (Å²) in [6.45, 7) is 8.76. The summed E-state index contributed by atoms with van der Waals surface area (Å²) in [7, 11) is 3.78. The predicted octanol–water partition coefficient (Wildman–Crippen LogP) is 3.78. The largest absolute Gasteiger partial charge is 0.467 e. The van der Waals surface area contributed by atoms with Crippen molar-refractivity contribution in [2.24, 2.45) is 5.92 Å². The zero-order valence-corrected chi connectivity index (χ0v) is 20.6. The molecule has 0 saturated carbocycles. The lowest BCUT2D eigenvalue weighted by Crippen LogP contribution is -2.54. The normalized spacial score (nSPS) is 13.5. The van der Waals surface area contributed by atoms with Gasteiger partial charge in [0.1, 0.15) is 23.2 Å². The molecule has 32 heavy (non-hydrogen) atoms. The quantitative estimate of drug-likeness (QED) is 0.405. The Kier molecular flexibility index (Phi) is 9.26. The van der Waals surface area contributed by atoms with E-state index in [1.165, 1.54) is 28.7 Å². The van der Waals surface area contributed by atoms with E-state index < -0.39 is 35.7 Å². The van der Waals surface area contributed by atoms with Gasteiger partial charge in [0.2, 0.25) is 5.91 Å². The monoisotopic (exact) mass is 483 g/mol. The van der Waals surface area contributed by atoms with Crippen molar-refractivity contribution < 1.29 is 28.3 Å². The molecule has 1 aromatic heterocycles. The third-order valence-electron chi connectivity index (χ3n) is 4.07. The van der Waals surface area contributed by atoms with Crippen LogP contribution in [0, 0.1) is 5.92 Å². The first kappa shape index (κ1) is 25.9. The van der Waals surface area contributed by atoms with Crippen molar-refractivity contribution in [1.82, 2.24) is 15.6 Å². The van der Waals surface area contributed by atoms with Gasteiger partial charge < -0.3 is 24.5 Å². The number of amides is 2. The van der Waals surface area contributed by atoms with Crippen LogP contribution in [0.1, 0.15) is 34.6 Å². The van der Waals surface area contributed by atoms with Crippen LogP contribution in [-0.2, 0) is 19.1 Å². The van der Waals surface area contributed by atoms with Crippen molar-refractivity contribution in [2.75, 3.05) is 12.9 Å². The molecule has 0 aliphatic carbocycles. The van der Waals surface area contributed by atoms with Crippen LogP contribution in [0.25, 0.3) is 11.1 Å². The summed E-state index contributed by atoms with van der Waals surface area (Å²) in [5, 5.41) is 5.67. The van der Waals surface area contributed by atoms with Gasteiger partial charge >= 0.3 is 12.1 Å². The van der Waals surface area contributed by atoms with Crippen molar-refractivity contribution in [1.29, 1.82) is 0 Å². The van der Waals surface area contributed by atoms with E-state index in [2.05, 4.69) is 15.6 Å². The third-order valence-corrected chi connectivity index (χ3v) is 6.16. The molecular weight excluding hydrogens is 454 g/mol. The number of alkyl carbamates (subject to hydrolysis) is 1. The number of hydrogen-bond donors (Lipinski definition) is 2. The molecule has 0 spiro atoms. The Balaban J connectivity index is 2.07. The predicted molar refractivity (Wildman–Crippen MR) is 124 cm³/mol. The first-order valence-electron chi connectivity index (χ1n) is 10.0. The Morgan fingerprint density at radius 2 is 1.84 bits per heavy atom. The molecule has 9 nitrogen and oxygen atoms in total. The summed E-state index contributed by atoms with van der Waals surface area (Å²) in [4.78, 5) is 41.6. The van der Waals surface area contributed by atoms with Crippen molar-refractivity contribution in [3.63, 3.8) is 0 Å². The molecular formula is C21H29N3O6S2. The van der Waals surface area contributed by atoms with Gasteiger partial charge in [0.15, 0.2) is 5.58 Å². The van der Waals surface area contributed by atoms with Crippen LogP contribution in [0.5, 0.6) is 0 Å². The summed E-state index contributed by atoms with van der Waals surface area (Å²) in [6.07, 6.45) is -0.732. The number of carbonyl (C=O) groups is 3. The van der Waals surface area contributed by atoms with Gasteiger partial charge in [-0.1, -0.05) is 36.8 Å². The number of fused-ring (bicyclic) bond motifs is 1. The molecule has 0 bridgehead atoms. The van der Waals surface area contributed by atoms with Gasteiger partial charge in [-0.25, -0.2) is 14.6 Å². The lowest BCUT2D eigenvalue weighted by molar-refractivity contribution is -0.146. The molecule has 0 saturated heterocycles. The highest BCUT2D eigenvalue weighted by molar-refractivity contribution is 8.76. The minimum absolute atomic E-state index is 0.181. The Hall–Kier alpha value is -2.40. The molecule has 2 aromatic rings. The number of oxazole rings is 1. The average Bonchev–Trinajstić information content (AvgIpc) is 3.11. The Bertz CT molecular complexity index is 908. The molecule has 1 heterocycles. The highest BCUT2D eigenvalue weighted by Gasteiger charge is 2.30. The second kappa shape index (κ2) is 11.5. The zero-order valence-electron chi connectivity index (χ0n) is 19.0. The molecule has 2 amide bonds. The fourth-order valence-corrected chi connectivity index (χ4v) is 4.48. The first-order valence-corrected chi connectivity index (χ1v) is 12.3. The molecule has 0 aliphatic rings. The molecule has 2 N–H and O–H groups in total. The van der Waals surface area contributed by atoms with Gasteiger partial charge in [0.25, 0.3) is 5.22 Å². The minimum Gasteiger partial charge on any atom is -0.467 e. The molecule has 11 heteroatoms. The number of rotatable bonds is 9. The van der Waals surface area contributed by atoms with Crippen LogP contribution >= 0.6 is 21.6 Å². The van der Waals surface area contributed by atoms with Gasteiger partial charge in [0, 0.05) is 16.5 Å². The number of nitrogens with one attached hydrogen (secondary N) is 2. The van der Waals surface area contributed by atoms with Gasteiger partial charge in [-0.2, -0.15) is 0 Å². The van der Waals surface area contributed by atoms with E-state index in [1.807, 2.05) is 24.3 Å². The van der Waals surface area contributed by atoms with E-state index in [0.29, 0.717) is 10.8 Å². The number of aromatic nitrogens is 1. The number of hydrogen-bond acceptors (Lipinski definition) is 9. The molecule has 2 rings (SSSR count). The minimum atomic E-state index is -0.961. The Labute approximate surface area is 195 Å². The van der Waals surface area contributed by atoms with Crippen LogP contribution < -0.4 is 10.6 Å². The summed E-state index contributed by atoms with van der Waals surface area (Å²) in [6, 6.07) is 5.57. The smallest absolute Gasteiger partial charge is 0.408 e. The van der Waals surface area contributed by atoms with E-state index in [1.54, 1.807) is 34.6 Å². The summed E-state index contributed by atoms with van der Waals surface area (Å²) in [5.41, 5.74) is 0.668. The zero-order chi connectivity index (χ0) is 23.9. The maximum atomic E-state index is 12.9. The maximum absolute atomic E-state index is 12.9. The van der Waals surface area contributed by atoms with E-state index in [0.717, 1.165) is 5.52 Å².